The van der Waals surface area contributed by atoms with Gasteiger partial charge in [-0.2, -0.15) is 5.26 Å². The predicted octanol–water partition coefficient (Wildman–Crippen LogP) is 3.19. The number of hydrogen-bond acceptors (Lipinski definition) is 2. The molecule has 0 radical (unpaired) electrons. The van der Waals surface area contributed by atoms with Crippen molar-refractivity contribution in [3.8, 4) is 6.07 Å². The van der Waals surface area contributed by atoms with Crippen LogP contribution in [0.3, 0.4) is 0 Å². The van der Waals surface area contributed by atoms with E-state index in [0.717, 1.165) is 17.7 Å². The van der Waals surface area contributed by atoms with Gasteiger partial charge in [0, 0.05) is 18.2 Å². The van der Waals surface area contributed by atoms with E-state index >= 15 is 0 Å². The minimum atomic E-state index is -0.830. The van der Waals surface area contributed by atoms with Gasteiger partial charge in [-0.25, -0.2) is 8.78 Å². The lowest BCUT2D eigenvalue weighted by Crippen LogP contribution is -2.23. The maximum Gasteiger partial charge on any atom is 0.262 e. The second-order valence-electron chi connectivity index (χ2n) is 4.50. The van der Waals surface area contributed by atoms with Crippen LogP contribution >= 0.6 is 0 Å². The van der Waals surface area contributed by atoms with Crippen molar-refractivity contribution in [1.82, 2.24) is 5.32 Å². The van der Waals surface area contributed by atoms with Gasteiger partial charge in [0.15, 0.2) is 0 Å². The number of nitriles is 1. The summed E-state index contributed by atoms with van der Waals surface area (Å²) < 4.78 is 26.4. The molecule has 2 rings (SSSR count). The van der Waals surface area contributed by atoms with Crippen LogP contribution in [0.15, 0.2) is 54.1 Å². The first-order valence-electron chi connectivity index (χ1n) is 6.49. The van der Waals surface area contributed by atoms with E-state index in [2.05, 4.69) is 5.32 Å². The molecule has 0 unspecified atom stereocenters. The Morgan fingerprint density at radius 1 is 1.18 bits per heavy atom. The fourth-order valence-electron chi connectivity index (χ4n) is 1.80. The van der Waals surface area contributed by atoms with Gasteiger partial charge >= 0.3 is 0 Å². The highest BCUT2D eigenvalue weighted by atomic mass is 19.1. The molecule has 0 atom stereocenters. The van der Waals surface area contributed by atoms with Crippen LogP contribution in [0.5, 0.6) is 0 Å². The summed E-state index contributed by atoms with van der Waals surface area (Å²) in [7, 11) is 0. The Morgan fingerprint density at radius 2 is 1.91 bits per heavy atom. The Morgan fingerprint density at radius 3 is 2.55 bits per heavy atom. The predicted molar refractivity (Wildman–Crippen MR) is 78.2 cm³/mol. The number of rotatable bonds is 4. The van der Waals surface area contributed by atoms with Crippen molar-refractivity contribution in [1.29, 1.82) is 5.26 Å². The summed E-state index contributed by atoms with van der Waals surface area (Å²) in [4.78, 5) is 11.9. The summed E-state index contributed by atoms with van der Waals surface area (Å²) in [5.74, 6) is -2.17. The number of amides is 1. The first-order valence-corrected chi connectivity index (χ1v) is 6.49. The molecule has 0 bridgehead atoms. The zero-order valence-corrected chi connectivity index (χ0v) is 11.5. The van der Waals surface area contributed by atoms with Crippen molar-refractivity contribution < 1.29 is 13.6 Å². The summed E-state index contributed by atoms with van der Waals surface area (Å²) in [6.07, 6.45) is 1.09. The molecule has 3 nitrogen and oxygen atoms in total. The smallest absolute Gasteiger partial charge is 0.262 e. The van der Waals surface area contributed by atoms with Crippen molar-refractivity contribution >= 4 is 12.0 Å². The average Bonchev–Trinajstić information content (AvgIpc) is 2.53. The molecule has 22 heavy (non-hydrogen) atoms. The standard InChI is InChI=1S/C17H12F2N2O/c18-15-7-6-13(16(19)9-15)8-14(10-20)17(22)21-11-12-4-2-1-3-5-12/h1-9H,11H2,(H,21,22)/b14-8+. The van der Waals surface area contributed by atoms with Gasteiger partial charge in [0.05, 0.1) is 0 Å². The average molecular weight is 298 g/mol. The van der Waals surface area contributed by atoms with Crippen LogP contribution in [0.4, 0.5) is 8.78 Å². The molecule has 0 saturated carbocycles. The van der Waals surface area contributed by atoms with Gasteiger partial charge in [-0.3, -0.25) is 4.79 Å². The molecule has 0 aliphatic heterocycles. The van der Waals surface area contributed by atoms with Gasteiger partial charge in [-0.05, 0) is 23.8 Å². The Hall–Kier alpha value is -3.00. The molecule has 0 spiro atoms. The number of carbonyl (C=O) groups is 1. The zero-order chi connectivity index (χ0) is 15.9. The molecule has 0 aliphatic carbocycles. The molecule has 1 N–H and O–H groups in total. The quantitative estimate of drug-likeness (QED) is 0.696. The highest BCUT2D eigenvalue weighted by Gasteiger charge is 2.10. The Balaban J connectivity index is 2.12. The largest absolute Gasteiger partial charge is 0.347 e. The Bertz CT molecular complexity index is 749. The van der Waals surface area contributed by atoms with Crippen LogP contribution in [0.2, 0.25) is 0 Å². The van der Waals surface area contributed by atoms with Gasteiger partial charge in [0.2, 0.25) is 0 Å². The van der Waals surface area contributed by atoms with E-state index in [1.807, 2.05) is 30.3 Å². The number of halogens is 2. The maximum absolute atomic E-state index is 13.5. The fourth-order valence-corrected chi connectivity index (χ4v) is 1.80. The number of nitrogens with one attached hydrogen (secondary N) is 1. The van der Waals surface area contributed by atoms with Crippen molar-refractivity contribution in [3.05, 3.63) is 76.9 Å². The van der Waals surface area contributed by atoms with Crippen molar-refractivity contribution in [2.75, 3.05) is 0 Å². The molecule has 2 aromatic rings. The third-order valence-electron chi connectivity index (χ3n) is 2.92. The van der Waals surface area contributed by atoms with Crippen molar-refractivity contribution in [2.45, 2.75) is 6.54 Å². The van der Waals surface area contributed by atoms with Gasteiger partial charge in [-0.1, -0.05) is 30.3 Å². The Kier molecular flexibility index (Phi) is 4.99. The molecule has 2 aromatic carbocycles. The lowest BCUT2D eigenvalue weighted by Gasteiger charge is -2.04. The normalized spacial score (nSPS) is 10.9. The van der Waals surface area contributed by atoms with Gasteiger partial charge in [-0.15, -0.1) is 0 Å². The van der Waals surface area contributed by atoms with Crippen molar-refractivity contribution in [2.24, 2.45) is 0 Å². The van der Waals surface area contributed by atoms with Crippen LogP contribution < -0.4 is 5.32 Å². The highest BCUT2D eigenvalue weighted by molar-refractivity contribution is 6.01. The minimum absolute atomic E-state index is 0.0205. The molecule has 0 saturated heterocycles. The topological polar surface area (TPSA) is 52.9 Å². The molecular formula is C17H12F2N2O. The lowest BCUT2D eigenvalue weighted by atomic mass is 10.1. The molecule has 1 amide bonds. The molecule has 5 heteroatoms. The summed E-state index contributed by atoms with van der Waals surface area (Å²) in [6, 6.07) is 13.8. The molecule has 0 aromatic heterocycles. The molecule has 110 valence electrons. The van der Waals surface area contributed by atoms with Gasteiger partial charge in [0.1, 0.15) is 23.3 Å². The number of carbonyl (C=O) groups excluding carboxylic acids is 1. The summed E-state index contributed by atoms with van der Waals surface area (Å²) in [6.45, 7) is 0.255. The molecule has 0 aliphatic rings. The van der Waals surface area contributed by atoms with E-state index in [0.29, 0.717) is 6.07 Å². The maximum atomic E-state index is 13.5. The van der Waals surface area contributed by atoms with E-state index in [-0.39, 0.29) is 17.7 Å². The van der Waals surface area contributed by atoms with E-state index in [4.69, 9.17) is 5.26 Å². The lowest BCUT2D eigenvalue weighted by molar-refractivity contribution is -0.117. The number of benzene rings is 2. The second-order valence-corrected chi connectivity index (χ2v) is 4.50. The van der Waals surface area contributed by atoms with Crippen LogP contribution in [0, 0.1) is 23.0 Å². The Labute approximate surface area is 126 Å². The van der Waals surface area contributed by atoms with E-state index in [1.165, 1.54) is 6.07 Å². The monoisotopic (exact) mass is 298 g/mol. The second kappa shape index (κ2) is 7.14. The first-order chi connectivity index (χ1) is 10.6. The summed E-state index contributed by atoms with van der Waals surface area (Å²) in [5, 5.41) is 11.6. The summed E-state index contributed by atoms with van der Waals surface area (Å²) >= 11 is 0. The number of hydrogen-bond donors (Lipinski definition) is 1. The first kappa shape index (κ1) is 15.4. The van der Waals surface area contributed by atoms with E-state index in [1.54, 1.807) is 6.07 Å². The molecule has 0 heterocycles. The third kappa shape index (κ3) is 4.00. The van der Waals surface area contributed by atoms with E-state index in [9.17, 15) is 13.6 Å². The minimum Gasteiger partial charge on any atom is -0.347 e. The molecule has 0 fully saturated rings. The molecular weight excluding hydrogens is 286 g/mol. The van der Waals surface area contributed by atoms with Crippen molar-refractivity contribution in [3.63, 3.8) is 0 Å². The van der Waals surface area contributed by atoms with Crippen LogP contribution in [0.1, 0.15) is 11.1 Å². The van der Waals surface area contributed by atoms with Crippen LogP contribution in [0.25, 0.3) is 6.08 Å². The number of nitrogens with zero attached hydrogens (tertiary/aromatic N) is 1. The van der Waals surface area contributed by atoms with Gasteiger partial charge < -0.3 is 5.32 Å². The summed E-state index contributed by atoms with van der Waals surface area (Å²) in [5.41, 5.74) is 0.607. The third-order valence-corrected chi connectivity index (χ3v) is 2.92. The zero-order valence-electron chi connectivity index (χ0n) is 11.5. The van der Waals surface area contributed by atoms with Gasteiger partial charge in [0.25, 0.3) is 5.91 Å². The highest BCUT2D eigenvalue weighted by Crippen LogP contribution is 2.13. The van der Waals surface area contributed by atoms with Crippen LogP contribution in [-0.2, 0) is 11.3 Å². The SMILES string of the molecule is N#C/C(=C\c1ccc(F)cc1F)C(=O)NCc1ccccc1. The fraction of sp³-hybridized carbons (Fsp3) is 0.0588. The van der Waals surface area contributed by atoms with E-state index < -0.39 is 17.5 Å². The van der Waals surface area contributed by atoms with Crippen LogP contribution in [-0.4, -0.2) is 5.91 Å².